The van der Waals surface area contributed by atoms with Crippen molar-refractivity contribution >= 4 is 12.2 Å². The predicted molar refractivity (Wildman–Crippen MR) is 73.5 cm³/mol. The van der Waals surface area contributed by atoms with Crippen molar-refractivity contribution in [2.24, 2.45) is 5.92 Å². The SMILES string of the molecule is CC(C)CCCCCCn1c(CO)c[nH]c1=S. The Kier molecular flexibility index (Phi) is 6.52. The summed E-state index contributed by atoms with van der Waals surface area (Å²) in [4.78, 5) is 2.97. The number of aromatic nitrogens is 2. The van der Waals surface area contributed by atoms with Crippen LogP contribution in [0.2, 0.25) is 0 Å². The summed E-state index contributed by atoms with van der Waals surface area (Å²) in [6.45, 7) is 5.51. The fraction of sp³-hybridized carbons (Fsp3) is 0.769. The van der Waals surface area contributed by atoms with Gasteiger partial charge < -0.3 is 14.7 Å². The number of H-pyrrole nitrogens is 1. The van der Waals surface area contributed by atoms with E-state index in [9.17, 15) is 0 Å². The van der Waals surface area contributed by atoms with E-state index in [1.807, 2.05) is 4.57 Å². The zero-order chi connectivity index (χ0) is 12.7. The molecule has 0 aromatic carbocycles. The summed E-state index contributed by atoms with van der Waals surface area (Å²) in [6, 6.07) is 0. The molecule has 0 aliphatic heterocycles. The molecule has 0 radical (unpaired) electrons. The Morgan fingerprint density at radius 3 is 2.65 bits per heavy atom. The number of nitrogens with one attached hydrogen (secondary N) is 1. The molecule has 3 nitrogen and oxygen atoms in total. The first-order valence-corrected chi connectivity index (χ1v) is 6.94. The average molecular weight is 256 g/mol. The number of unbranched alkanes of at least 4 members (excludes halogenated alkanes) is 3. The van der Waals surface area contributed by atoms with Crippen molar-refractivity contribution < 1.29 is 5.11 Å². The molecule has 0 amide bonds. The van der Waals surface area contributed by atoms with Gasteiger partial charge in [-0.05, 0) is 24.6 Å². The summed E-state index contributed by atoms with van der Waals surface area (Å²) in [7, 11) is 0. The monoisotopic (exact) mass is 256 g/mol. The number of hydrogen-bond acceptors (Lipinski definition) is 2. The Hall–Kier alpha value is -0.610. The highest BCUT2D eigenvalue weighted by Gasteiger charge is 2.02. The second-order valence-corrected chi connectivity index (χ2v) is 5.38. The van der Waals surface area contributed by atoms with E-state index in [2.05, 4.69) is 18.8 Å². The average Bonchev–Trinajstić information content (AvgIpc) is 2.64. The summed E-state index contributed by atoms with van der Waals surface area (Å²) in [5.74, 6) is 0.814. The van der Waals surface area contributed by atoms with Gasteiger partial charge in [-0.25, -0.2) is 0 Å². The molecule has 4 heteroatoms. The maximum absolute atomic E-state index is 9.15. The third kappa shape index (κ3) is 5.04. The van der Waals surface area contributed by atoms with Crippen LogP contribution < -0.4 is 0 Å². The maximum Gasteiger partial charge on any atom is 0.177 e. The van der Waals surface area contributed by atoms with Crippen molar-refractivity contribution in [3.05, 3.63) is 16.7 Å². The number of aliphatic hydroxyl groups excluding tert-OH is 1. The van der Waals surface area contributed by atoms with Crippen LogP contribution >= 0.6 is 12.2 Å². The van der Waals surface area contributed by atoms with Gasteiger partial charge in [0, 0.05) is 12.7 Å². The molecule has 0 aliphatic carbocycles. The summed E-state index contributed by atoms with van der Waals surface area (Å²) >= 11 is 5.17. The Bertz CT molecular complexity index is 368. The normalized spacial score (nSPS) is 11.3. The number of nitrogens with zero attached hydrogens (tertiary/aromatic N) is 1. The Morgan fingerprint density at radius 1 is 1.29 bits per heavy atom. The lowest BCUT2D eigenvalue weighted by molar-refractivity contribution is 0.269. The van der Waals surface area contributed by atoms with Gasteiger partial charge in [-0.3, -0.25) is 0 Å². The molecule has 0 atom stereocenters. The largest absolute Gasteiger partial charge is 0.390 e. The summed E-state index contributed by atoms with van der Waals surface area (Å²) in [5.41, 5.74) is 0.886. The number of aliphatic hydroxyl groups is 1. The number of aromatic amines is 1. The molecular formula is C13H24N2OS. The van der Waals surface area contributed by atoms with Crippen LogP contribution in [0.4, 0.5) is 0 Å². The van der Waals surface area contributed by atoms with Crippen LogP contribution in [0.1, 0.15) is 51.6 Å². The molecule has 98 valence electrons. The maximum atomic E-state index is 9.15. The highest BCUT2D eigenvalue weighted by Crippen LogP contribution is 2.11. The lowest BCUT2D eigenvalue weighted by atomic mass is 10.0. The van der Waals surface area contributed by atoms with Crippen LogP contribution in [-0.2, 0) is 13.2 Å². The van der Waals surface area contributed by atoms with E-state index < -0.39 is 0 Å². The second-order valence-electron chi connectivity index (χ2n) is 4.99. The Morgan fingerprint density at radius 2 is 2.00 bits per heavy atom. The number of rotatable bonds is 8. The molecule has 0 bridgehead atoms. The Labute approximate surface area is 109 Å². The summed E-state index contributed by atoms with van der Waals surface area (Å²) in [6.07, 6.45) is 8.11. The zero-order valence-corrected chi connectivity index (χ0v) is 11.7. The van der Waals surface area contributed by atoms with Gasteiger partial charge >= 0.3 is 0 Å². The molecule has 0 saturated heterocycles. The lowest BCUT2D eigenvalue weighted by Crippen LogP contribution is -2.03. The van der Waals surface area contributed by atoms with Gasteiger partial charge in [0.25, 0.3) is 0 Å². The van der Waals surface area contributed by atoms with Gasteiger partial charge in [0.1, 0.15) is 0 Å². The van der Waals surface area contributed by atoms with E-state index in [1.165, 1.54) is 25.7 Å². The minimum atomic E-state index is 0.0560. The van der Waals surface area contributed by atoms with Crippen LogP contribution in [0.25, 0.3) is 0 Å². The fourth-order valence-electron chi connectivity index (χ4n) is 1.98. The molecule has 0 spiro atoms. The fourth-order valence-corrected chi connectivity index (χ4v) is 2.25. The minimum absolute atomic E-state index is 0.0560. The zero-order valence-electron chi connectivity index (χ0n) is 10.9. The molecular weight excluding hydrogens is 232 g/mol. The van der Waals surface area contributed by atoms with Crippen LogP contribution in [0.3, 0.4) is 0 Å². The molecule has 1 heterocycles. The number of hydrogen-bond donors (Lipinski definition) is 2. The summed E-state index contributed by atoms with van der Waals surface area (Å²) < 4.78 is 2.72. The smallest absolute Gasteiger partial charge is 0.177 e. The molecule has 0 saturated carbocycles. The van der Waals surface area contributed by atoms with Crippen LogP contribution in [0.15, 0.2) is 6.20 Å². The molecule has 1 rings (SSSR count). The second kappa shape index (κ2) is 7.67. The molecule has 1 aromatic heterocycles. The van der Waals surface area contributed by atoms with Crippen LogP contribution in [-0.4, -0.2) is 14.7 Å². The quantitative estimate of drug-likeness (QED) is 0.550. The van der Waals surface area contributed by atoms with E-state index in [-0.39, 0.29) is 6.61 Å². The molecule has 1 aromatic rings. The molecule has 0 aliphatic rings. The van der Waals surface area contributed by atoms with Crippen molar-refractivity contribution in [1.82, 2.24) is 9.55 Å². The van der Waals surface area contributed by atoms with Gasteiger partial charge in [0.2, 0.25) is 0 Å². The number of imidazole rings is 1. The third-order valence-electron chi connectivity index (χ3n) is 3.03. The van der Waals surface area contributed by atoms with E-state index in [0.717, 1.165) is 29.3 Å². The van der Waals surface area contributed by atoms with Gasteiger partial charge in [0.15, 0.2) is 4.77 Å². The highest BCUT2D eigenvalue weighted by molar-refractivity contribution is 7.71. The van der Waals surface area contributed by atoms with E-state index >= 15 is 0 Å². The van der Waals surface area contributed by atoms with Gasteiger partial charge in [-0.15, -0.1) is 0 Å². The third-order valence-corrected chi connectivity index (χ3v) is 3.37. The van der Waals surface area contributed by atoms with Crippen molar-refractivity contribution in [2.45, 2.75) is 59.1 Å². The van der Waals surface area contributed by atoms with Crippen LogP contribution in [0.5, 0.6) is 0 Å². The standard InChI is InChI=1S/C13H24N2OS/c1-11(2)7-5-3-4-6-8-15-12(10-16)9-14-13(15)17/h9,11,16H,3-8,10H2,1-2H3,(H,14,17). The Balaban J connectivity index is 2.22. The van der Waals surface area contributed by atoms with Gasteiger partial charge in [0.05, 0.1) is 12.3 Å². The van der Waals surface area contributed by atoms with Crippen molar-refractivity contribution in [1.29, 1.82) is 0 Å². The molecule has 0 unspecified atom stereocenters. The van der Waals surface area contributed by atoms with E-state index in [4.69, 9.17) is 17.3 Å². The first kappa shape index (κ1) is 14.5. The van der Waals surface area contributed by atoms with Crippen molar-refractivity contribution in [3.8, 4) is 0 Å². The molecule has 0 fully saturated rings. The first-order chi connectivity index (χ1) is 8.15. The molecule has 17 heavy (non-hydrogen) atoms. The first-order valence-electron chi connectivity index (χ1n) is 6.53. The van der Waals surface area contributed by atoms with E-state index in [0.29, 0.717) is 0 Å². The highest BCUT2D eigenvalue weighted by atomic mass is 32.1. The van der Waals surface area contributed by atoms with E-state index in [1.54, 1.807) is 6.20 Å². The lowest BCUT2D eigenvalue weighted by Gasteiger charge is -2.07. The van der Waals surface area contributed by atoms with Gasteiger partial charge in [-0.2, -0.15) is 0 Å². The van der Waals surface area contributed by atoms with Crippen molar-refractivity contribution in [3.63, 3.8) is 0 Å². The van der Waals surface area contributed by atoms with Gasteiger partial charge in [-0.1, -0.05) is 39.5 Å². The van der Waals surface area contributed by atoms with Crippen LogP contribution in [0, 0.1) is 10.7 Å². The van der Waals surface area contributed by atoms with Crippen molar-refractivity contribution in [2.75, 3.05) is 0 Å². The topological polar surface area (TPSA) is 41.0 Å². The molecule has 2 N–H and O–H groups in total. The minimum Gasteiger partial charge on any atom is -0.390 e. The predicted octanol–water partition coefficient (Wildman–Crippen LogP) is 3.64. The summed E-state index contributed by atoms with van der Waals surface area (Å²) in [5, 5.41) is 9.15.